The van der Waals surface area contributed by atoms with Gasteiger partial charge in [-0.25, -0.2) is 0 Å². The summed E-state index contributed by atoms with van der Waals surface area (Å²) < 4.78 is 0. The van der Waals surface area contributed by atoms with Crippen molar-refractivity contribution in [1.82, 2.24) is 0 Å². The van der Waals surface area contributed by atoms with Gasteiger partial charge in [-0.3, -0.25) is 0 Å². The largest absolute Gasteiger partial charge is 0.388 e. The Morgan fingerprint density at radius 1 is 1.29 bits per heavy atom. The van der Waals surface area contributed by atoms with Crippen molar-refractivity contribution in [3.05, 3.63) is 48.0 Å². The Balaban J connectivity index is 2.54. The zero-order chi connectivity index (χ0) is 10.4. The van der Waals surface area contributed by atoms with Crippen molar-refractivity contribution in [1.29, 1.82) is 0 Å². The van der Waals surface area contributed by atoms with E-state index in [4.69, 9.17) is 0 Å². The van der Waals surface area contributed by atoms with E-state index in [-0.39, 0.29) is 6.10 Å². The van der Waals surface area contributed by atoms with E-state index in [0.29, 0.717) is 5.92 Å². The minimum absolute atomic E-state index is 0.345. The maximum absolute atomic E-state index is 9.88. The number of allylic oxidation sites excluding steroid dienone is 2. The minimum Gasteiger partial charge on any atom is -0.388 e. The number of aliphatic hydroxyl groups excluding tert-OH is 1. The molecular weight excluding hydrogens is 172 g/mol. The summed E-state index contributed by atoms with van der Waals surface area (Å²) >= 11 is 0. The molecule has 76 valence electrons. The summed E-state index contributed by atoms with van der Waals surface area (Å²) in [4.78, 5) is 0. The number of aliphatic hydroxyl groups is 1. The average Bonchev–Trinajstić information content (AvgIpc) is 2.19. The molecule has 0 heterocycles. The van der Waals surface area contributed by atoms with Crippen molar-refractivity contribution < 1.29 is 5.11 Å². The summed E-state index contributed by atoms with van der Waals surface area (Å²) in [6.45, 7) is 4.12. The predicted octanol–water partition coefficient (Wildman–Crippen LogP) is 3.32. The van der Waals surface area contributed by atoms with Crippen LogP contribution in [0.3, 0.4) is 0 Å². The lowest BCUT2D eigenvalue weighted by molar-refractivity contribution is 0.155. The Morgan fingerprint density at radius 2 is 1.93 bits per heavy atom. The molecule has 0 aromatic heterocycles. The van der Waals surface area contributed by atoms with Crippen LogP contribution < -0.4 is 0 Å². The molecule has 0 unspecified atom stereocenters. The van der Waals surface area contributed by atoms with E-state index in [9.17, 15) is 5.11 Å². The van der Waals surface area contributed by atoms with Gasteiger partial charge in [0.05, 0.1) is 6.10 Å². The summed E-state index contributed by atoms with van der Waals surface area (Å²) in [6.07, 6.45) is 4.59. The monoisotopic (exact) mass is 190 g/mol. The van der Waals surface area contributed by atoms with Gasteiger partial charge in [0, 0.05) is 0 Å². The van der Waals surface area contributed by atoms with Crippen LogP contribution >= 0.6 is 0 Å². The molecule has 1 aromatic carbocycles. The van der Waals surface area contributed by atoms with Crippen LogP contribution in [0.5, 0.6) is 0 Å². The SMILES string of the molecule is C/C=C\[C@H](C)C[C@@H](O)c1ccccc1. The van der Waals surface area contributed by atoms with E-state index in [1.807, 2.05) is 43.3 Å². The van der Waals surface area contributed by atoms with Crippen LogP contribution in [0.25, 0.3) is 0 Å². The van der Waals surface area contributed by atoms with Gasteiger partial charge in [-0.2, -0.15) is 0 Å². The van der Waals surface area contributed by atoms with Crippen LogP contribution in [0.2, 0.25) is 0 Å². The molecule has 0 aliphatic heterocycles. The third kappa shape index (κ3) is 3.35. The van der Waals surface area contributed by atoms with Gasteiger partial charge in [-0.1, -0.05) is 49.4 Å². The van der Waals surface area contributed by atoms with Crippen molar-refractivity contribution in [2.75, 3.05) is 0 Å². The molecule has 0 amide bonds. The highest BCUT2D eigenvalue weighted by atomic mass is 16.3. The van der Waals surface area contributed by atoms with E-state index in [2.05, 4.69) is 13.0 Å². The second-order valence-corrected chi connectivity index (χ2v) is 3.67. The maximum Gasteiger partial charge on any atom is 0.0795 e. The maximum atomic E-state index is 9.88. The number of hydrogen-bond donors (Lipinski definition) is 1. The molecule has 0 saturated heterocycles. The molecule has 0 saturated carbocycles. The second-order valence-electron chi connectivity index (χ2n) is 3.67. The Labute approximate surface area is 86.1 Å². The Bertz CT molecular complexity index is 277. The normalized spacial score (nSPS) is 15.6. The molecule has 1 N–H and O–H groups in total. The molecule has 0 aliphatic carbocycles. The standard InChI is InChI=1S/C13H18O/c1-3-7-11(2)10-13(14)12-8-5-4-6-9-12/h3-9,11,13-14H,10H2,1-2H3/b7-3-/t11-,13+/m0/s1. The molecule has 0 aliphatic rings. The first-order valence-corrected chi connectivity index (χ1v) is 5.10. The van der Waals surface area contributed by atoms with Gasteiger partial charge < -0.3 is 5.11 Å². The lowest BCUT2D eigenvalue weighted by atomic mass is 9.98. The van der Waals surface area contributed by atoms with Crippen LogP contribution in [0.1, 0.15) is 31.9 Å². The van der Waals surface area contributed by atoms with E-state index in [1.54, 1.807) is 0 Å². The topological polar surface area (TPSA) is 20.2 Å². The quantitative estimate of drug-likeness (QED) is 0.722. The van der Waals surface area contributed by atoms with Crippen LogP contribution in [0.15, 0.2) is 42.5 Å². The fraction of sp³-hybridized carbons (Fsp3) is 0.385. The van der Waals surface area contributed by atoms with Crippen molar-refractivity contribution >= 4 is 0 Å². The smallest absolute Gasteiger partial charge is 0.0795 e. The summed E-state index contributed by atoms with van der Waals surface area (Å²) in [5, 5.41) is 9.88. The highest BCUT2D eigenvalue weighted by molar-refractivity contribution is 5.17. The molecule has 0 fully saturated rings. The zero-order valence-electron chi connectivity index (χ0n) is 8.85. The highest BCUT2D eigenvalue weighted by Crippen LogP contribution is 2.21. The molecule has 0 bridgehead atoms. The fourth-order valence-corrected chi connectivity index (χ4v) is 1.57. The second kappa shape index (κ2) is 5.61. The Morgan fingerprint density at radius 3 is 2.50 bits per heavy atom. The summed E-state index contributed by atoms with van der Waals surface area (Å²) in [6, 6.07) is 9.81. The molecule has 1 aromatic rings. The molecule has 0 radical (unpaired) electrons. The van der Waals surface area contributed by atoms with Crippen LogP contribution in [0, 0.1) is 5.92 Å². The van der Waals surface area contributed by atoms with Crippen LogP contribution in [-0.2, 0) is 0 Å². The van der Waals surface area contributed by atoms with Gasteiger partial charge in [0.2, 0.25) is 0 Å². The third-order valence-corrected chi connectivity index (χ3v) is 2.30. The van der Waals surface area contributed by atoms with Crippen molar-refractivity contribution in [2.45, 2.75) is 26.4 Å². The zero-order valence-corrected chi connectivity index (χ0v) is 8.85. The third-order valence-electron chi connectivity index (χ3n) is 2.30. The fourth-order valence-electron chi connectivity index (χ4n) is 1.57. The molecule has 0 spiro atoms. The first kappa shape index (κ1) is 11.0. The van der Waals surface area contributed by atoms with Crippen LogP contribution in [-0.4, -0.2) is 5.11 Å². The molecule has 1 nitrogen and oxygen atoms in total. The van der Waals surface area contributed by atoms with Gasteiger partial charge in [-0.15, -0.1) is 0 Å². The molecule has 1 heteroatoms. The van der Waals surface area contributed by atoms with Gasteiger partial charge in [0.15, 0.2) is 0 Å². The average molecular weight is 190 g/mol. The first-order chi connectivity index (χ1) is 6.74. The molecule has 2 atom stereocenters. The van der Waals surface area contributed by atoms with E-state index >= 15 is 0 Å². The van der Waals surface area contributed by atoms with Gasteiger partial charge in [0.25, 0.3) is 0 Å². The minimum atomic E-state index is -0.345. The summed E-state index contributed by atoms with van der Waals surface area (Å²) in [5.74, 6) is 0.426. The first-order valence-electron chi connectivity index (χ1n) is 5.10. The highest BCUT2D eigenvalue weighted by Gasteiger charge is 2.09. The van der Waals surface area contributed by atoms with Crippen molar-refractivity contribution in [3.8, 4) is 0 Å². The number of rotatable bonds is 4. The van der Waals surface area contributed by atoms with E-state index < -0.39 is 0 Å². The number of benzene rings is 1. The molecule has 14 heavy (non-hydrogen) atoms. The lowest BCUT2D eigenvalue weighted by Gasteiger charge is -2.13. The summed E-state index contributed by atoms with van der Waals surface area (Å²) in [5.41, 5.74) is 1.00. The lowest BCUT2D eigenvalue weighted by Crippen LogP contribution is -2.02. The van der Waals surface area contributed by atoms with Crippen molar-refractivity contribution in [3.63, 3.8) is 0 Å². The van der Waals surface area contributed by atoms with Crippen LogP contribution in [0.4, 0.5) is 0 Å². The van der Waals surface area contributed by atoms with E-state index in [1.165, 1.54) is 0 Å². The van der Waals surface area contributed by atoms with Gasteiger partial charge >= 0.3 is 0 Å². The Kier molecular flexibility index (Phi) is 4.41. The molecule has 1 rings (SSSR count). The number of hydrogen-bond acceptors (Lipinski definition) is 1. The molecular formula is C13H18O. The van der Waals surface area contributed by atoms with Crippen molar-refractivity contribution in [2.24, 2.45) is 5.92 Å². The Hall–Kier alpha value is -1.08. The van der Waals surface area contributed by atoms with E-state index in [0.717, 1.165) is 12.0 Å². The van der Waals surface area contributed by atoms with Gasteiger partial charge in [-0.05, 0) is 24.8 Å². The summed E-state index contributed by atoms with van der Waals surface area (Å²) in [7, 11) is 0. The van der Waals surface area contributed by atoms with Gasteiger partial charge in [0.1, 0.15) is 0 Å². The predicted molar refractivity (Wildman–Crippen MR) is 60.0 cm³/mol.